The number of carbonyl (C=O) groups is 1. The first-order valence-corrected chi connectivity index (χ1v) is 9.50. The van der Waals surface area contributed by atoms with Crippen LogP contribution >= 0.6 is 12.2 Å². The number of hydrogen-bond acceptors (Lipinski definition) is 7. The lowest BCUT2D eigenvalue weighted by atomic mass is 10.1. The molecule has 1 amide bonds. The van der Waals surface area contributed by atoms with Crippen molar-refractivity contribution in [2.24, 2.45) is 0 Å². The Kier molecular flexibility index (Phi) is 6.17. The molecule has 1 aliphatic rings. The van der Waals surface area contributed by atoms with Crippen molar-refractivity contribution in [1.29, 1.82) is 0 Å². The van der Waals surface area contributed by atoms with E-state index in [1.807, 2.05) is 6.92 Å². The number of thiocarbonyl (C=S) groups is 1. The zero-order valence-corrected chi connectivity index (χ0v) is 17.1. The Bertz CT molecular complexity index is 1040. The number of nitro groups is 1. The molecular weight excluding hydrogens is 410 g/mol. The number of nitrogens with zero attached hydrogens (tertiary/aromatic N) is 2. The second-order valence-corrected chi connectivity index (χ2v) is 6.51. The highest BCUT2D eigenvalue weighted by Gasteiger charge is 2.32. The molecule has 3 rings (SSSR count). The van der Waals surface area contributed by atoms with Gasteiger partial charge in [-0.15, -0.1) is 0 Å². The van der Waals surface area contributed by atoms with Gasteiger partial charge in [0, 0.05) is 11.6 Å². The molecule has 0 unspecified atom stereocenters. The number of benzene rings is 2. The fourth-order valence-electron chi connectivity index (χ4n) is 2.88. The third-order valence-corrected chi connectivity index (χ3v) is 4.47. The molecule has 0 aliphatic carbocycles. The van der Waals surface area contributed by atoms with Crippen molar-refractivity contribution in [3.63, 3.8) is 0 Å². The molecule has 156 valence electrons. The number of phenols is 1. The van der Waals surface area contributed by atoms with Gasteiger partial charge < -0.3 is 19.9 Å². The Morgan fingerprint density at radius 1 is 1.20 bits per heavy atom. The maximum atomic E-state index is 12.9. The van der Waals surface area contributed by atoms with Crippen LogP contribution in [0.15, 0.2) is 42.1 Å². The van der Waals surface area contributed by atoms with Crippen molar-refractivity contribution in [2.75, 3.05) is 18.1 Å². The van der Waals surface area contributed by atoms with Crippen LogP contribution in [0.2, 0.25) is 0 Å². The van der Waals surface area contributed by atoms with Gasteiger partial charge in [-0.05, 0) is 56.4 Å². The van der Waals surface area contributed by atoms with Crippen molar-refractivity contribution in [2.45, 2.75) is 13.8 Å². The number of anilines is 1. The van der Waals surface area contributed by atoms with E-state index in [-0.39, 0.29) is 40.2 Å². The first kappa shape index (κ1) is 21.1. The second kappa shape index (κ2) is 8.78. The van der Waals surface area contributed by atoms with Crippen molar-refractivity contribution in [1.82, 2.24) is 5.32 Å². The summed E-state index contributed by atoms with van der Waals surface area (Å²) in [6.45, 7) is 4.28. The van der Waals surface area contributed by atoms with Crippen LogP contribution in [0.1, 0.15) is 19.4 Å². The van der Waals surface area contributed by atoms with Gasteiger partial charge in [-0.3, -0.25) is 19.8 Å². The van der Waals surface area contributed by atoms with Crippen molar-refractivity contribution in [3.05, 3.63) is 57.8 Å². The SMILES string of the molecule is CCOc1ccc(N2C(=O)C(=Cc3cc([N+](=O)[O-])cc(OCC)c3O)NC2=S)cc1. The second-order valence-electron chi connectivity index (χ2n) is 6.13. The predicted octanol–water partition coefficient (Wildman–Crippen LogP) is 3.36. The topological polar surface area (TPSA) is 114 Å². The highest BCUT2D eigenvalue weighted by atomic mass is 32.1. The number of non-ortho nitro benzene ring substituents is 1. The van der Waals surface area contributed by atoms with Crippen molar-refractivity contribution in [3.8, 4) is 17.2 Å². The van der Waals surface area contributed by atoms with Gasteiger partial charge in [0.2, 0.25) is 0 Å². The predicted molar refractivity (Wildman–Crippen MR) is 115 cm³/mol. The Morgan fingerprint density at radius 3 is 2.47 bits per heavy atom. The average Bonchev–Trinajstić information content (AvgIpc) is 2.99. The van der Waals surface area contributed by atoms with Gasteiger partial charge in [0.1, 0.15) is 11.4 Å². The number of amides is 1. The zero-order chi connectivity index (χ0) is 21.8. The Hall–Kier alpha value is -3.66. The summed E-state index contributed by atoms with van der Waals surface area (Å²) < 4.78 is 10.7. The summed E-state index contributed by atoms with van der Waals surface area (Å²) in [7, 11) is 0. The third-order valence-electron chi connectivity index (χ3n) is 4.18. The minimum Gasteiger partial charge on any atom is -0.504 e. The van der Waals surface area contributed by atoms with Crippen LogP contribution in [0, 0.1) is 10.1 Å². The first-order chi connectivity index (χ1) is 14.3. The lowest BCUT2D eigenvalue weighted by Crippen LogP contribution is -2.30. The van der Waals surface area contributed by atoms with E-state index in [2.05, 4.69) is 5.32 Å². The number of rotatable bonds is 7. The average molecular weight is 429 g/mol. The quantitative estimate of drug-likeness (QED) is 0.298. The van der Waals surface area contributed by atoms with E-state index in [1.165, 1.54) is 11.0 Å². The molecule has 10 heteroatoms. The number of nitro benzene ring substituents is 1. The van der Waals surface area contributed by atoms with Crippen molar-refractivity contribution >= 4 is 40.7 Å². The Morgan fingerprint density at radius 2 is 1.87 bits per heavy atom. The largest absolute Gasteiger partial charge is 0.504 e. The van der Waals surface area contributed by atoms with Gasteiger partial charge >= 0.3 is 0 Å². The van der Waals surface area contributed by atoms with E-state index in [9.17, 15) is 20.0 Å². The normalized spacial score (nSPS) is 14.7. The van der Waals surface area contributed by atoms with Gasteiger partial charge in [-0.1, -0.05) is 0 Å². The molecule has 2 N–H and O–H groups in total. The van der Waals surface area contributed by atoms with E-state index in [0.717, 1.165) is 12.1 Å². The lowest BCUT2D eigenvalue weighted by Gasteiger charge is -2.14. The Balaban J connectivity index is 1.96. The van der Waals surface area contributed by atoms with Gasteiger partial charge in [0.05, 0.1) is 29.9 Å². The van der Waals surface area contributed by atoms with Crippen LogP contribution in [0.25, 0.3) is 6.08 Å². The van der Waals surface area contributed by atoms with E-state index >= 15 is 0 Å². The number of ether oxygens (including phenoxy) is 2. The fourth-order valence-corrected chi connectivity index (χ4v) is 3.18. The van der Waals surface area contributed by atoms with Crippen LogP contribution in [0.5, 0.6) is 17.2 Å². The van der Waals surface area contributed by atoms with Crippen LogP contribution in [0.4, 0.5) is 11.4 Å². The van der Waals surface area contributed by atoms with E-state index < -0.39 is 10.8 Å². The molecule has 0 atom stereocenters. The molecule has 1 saturated heterocycles. The fraction of sp³-hybridized carbons (Fsp3) is 0.200. The number of nitrogens with one attached hydrogen (secondary N) is 1. The maximum Gasteiger partial charge on any atom is 0.281 e. The minimum absolute atomic E-state index is 0.0464. The minimum atomic E-state index is -0.606. The van der Waals surface area contributed by atoms with Crippen molar-refractivity contribution < 1.29 is 24.3 Å². The summed E-state index contributed by atoms with van der Waals surface area (Å²) in [6, 6.07) is 9.11. The molecule has 1 heterocycles. The first-order valence-electron chi connectivity index (χ1n) is 9.09. The van der Waals surface area contributed by atoms with Gasteiger partial charge in [-0.25, -0.2) is 0 Å². The van der Waals surface area contributed by atoms with E-state index in [0.29, 0.717) is 18.0 Å². The summed E-state index contributed by atoms with van der Waals surface area (Å²) in [5.41, 5.74) is 0.370. The van der Waals surface area contributed by atoms with Crippen LogP contribution in [0.3, 0.4) is 0 Å². The lowest BCUT2D eigenvalue weighted by molar-refractivity contribution is -0.385. The molecule has 30 heavy (non-hydrogen) atoms. The summed E-state index contributed by atoms with van der Waals surface area (Å²) in [4.78, 5) is 24.8. The number of phenolic OH excluding ortho intramolecular Hbond substituents is 1. The van der Waals surface area contributed by atoms with Crippen LogP contribution < -0.4 is 19.7 Å². The summed E-state index contributed by atoms with van der Waals surface area (Å²) >= 11 is 5.27. The molecule has 1 fully saturated rings. The van der Waals surface area contributed by atoms with E-state index in [1.54, 1.807) is 31.2 Å². The highest BCUT2D eigenvalue weighted by Crippen LogP contribution is 2.36. The zero-order valence-electron chi connectivity index (χ0n) is 16.2. The maximum absolute atomic E-state index is 12.9. The molecule has 2 aromatic rings. The molecule has 0 aromatic heterocycles. The number of hydrogen-bond donors (Lipinski definition) is 2. The monoisotopic (exact) mass is 429 g/mol. The molecule has 1 aliphatic heterocycles. The molecular formula is C20H19N3O6S. The van der Waals surface area contributed by atoms with Gasteiger partial charge in [0.15, 0.2) is 16.6 Å². The Labute approximate surface area is 177 Å². The molecule has 0 spiro atoms. The number of carbonyl (C=O) groups excluding carboxylic acids is 1. The molecule has 0 saturated carbocycles. The molecule has 9 nitrogen and oxygen atoms in total. The summed E-state index contributed by atoms with van der Waals surface area (Å²) in [5.74, 6) is -0.162. The smallest absolute Gasteiger partial charge is 0.281 e. The van der Waals surface area contributed by atoms with E-state index in [4.69, 9.17) is 21.7 Å². The molecule has 0 radical (unpaired) electrons. The molecule has 2 aromatic carbocycles. The standard InChI is InChI=1S/C20H19N3O6S/c1-3-28-15-7-5-13(6-8-15)22-19(25)16(21-20(22)30)10-12-9-14(23(26)27)11-17(18(12)24)29-4-2/h5-11,24H,3-4H2,1-2H3,(H,21,30). The van der Waals surface area contributed by atoms with Gasteiger partial charge in [-0.2, -0.15) is 0 Å². The highest BCUT2D eigenvalue weighted by molar-refractivity contribution is 7.80. The molecule has 0 bridgehead atoms. The van der Waals surface area contributed by atoms with Crippen LogP contribution in [-0.4, -0.2) is 34.3 Å². The summed E-state index contributed by atoms with van der Waals surface area (Å²) in [6.07, 6.45) is 1.30. The third kappa shape index (κ3) is 4.18. The van der Waals surface area contributed by atoms with Gasteiger partial charge in [0.25, 0.3) is 11.6 Å². The van der Waals surface area contributed by atoms with Crippen LogP contribution in [-0.2, 0) is 4.79 Å². The summed E-state index contributed by atoms with van der Waals surface area (Å²) in [5, 5.41) is 24.6. The number of aromatic hydroxyl groups is 1.